The number of amides is 2. The van der Waals surface area contributed by atoms with Crippen LogP contribution < -0.4 is 10.1 Å². The first kappa shape index (κ1) is 22.3. The van der Waals surface area contributed by atoms with Gasteiger partial charge in [0.05, 0.1) is 7.11 Å². The zero-order chi connectivity index (χ0) is 21.9. The van der Waals surface area contributed by atoms with E-state index in [0.717, 1.165) is 42.6 Å². The van der Waals surface area contributed by atoms with Gasteiger partial charge in [0.1, 0.15) is 5.75 Å². The first-order valence-electron chi connectivity index (χ1n) is 10.7. The van der Waals surface area contributed by atoms with Crippen molar-refractivity contribution in [2.45, 2.75) is 39.2 Å². The van der Waals surface area contributed by atoms with E-state index in [9.17, 15) is 4.79 Å². The quantitative estimate of drug-likeness (QED) is 0.454. The molecule has 2 amide bonds. The maximum Gasteiger partial charge on any atom is 0.317 e. The molecule has 3 aromatic rings. The van der Waals surface area contributed by atoms with Gasteiger partial charge in [-0.3, -0.25) is 0 Å². The molecule has 0 aliphatic carbocycles. The van der Waals surface area contributed by atoms with Crippen molar-refractivity contribution < 1.29 is 14.1 Å². The topological polar surface area (TPSA) is 80.5 Å². The second-order valence-corrected chi connectivity index (χ2v) is 7.28. The minimum atomic E-state index is -0.0209. The van der Waals surface area contributed by atoms with Crippen LogP contribution in [0.1, 0.15) is 37.6 Å². The van der Waals surface area contributed by atoms with Crippen LogP contribution in [0.4, 0.5) is 4.79 Å². The second kappa shape index (κ2) is 11.7. The van der Waals surface area contributed by atoms with Crippen molar-refractivity contribution >= 4 is 6.03 Å². The molecule has 7 nitrogen and oxygen atoms in total. The summed E-state index contributed by atoms with van der Waals surface area (Å²) in [6.07, 6.45) is 3.55. The predicted molar refractivity (Wildman–Crippen MR) is 120 cm³/mol. The Morgan fingerprint density at radius 1 is 1.06 bits per heavy atom. The lowest BCUT2D eigenvalue weighted by atomic mass is 10.2. The SMILES string of the molecule is CCN(Cc1ccccc1)C(=O)NCCCCCc1nc(-c2ccc(OC)cc2)no1. The van der Waals surface area contributed by atoms with Gasteiger partial charge in [0, 0.05) is 31.6 Å². The third-order valence-electron chi connectivity index (χ3n) is 5.05. The molecular formula is C24H30N4O3. The Balaban J connectivity index is 1.34. The number of nitrogens with one attached hydrogen (secondary N) is 1. The Morgan fingerprint density at radius 2 is 1.84 bits per heavy atom. The normalized spacial score (nSPS) is 10.6. The minimum Gasteiger partial charge on any atom is -0.497 e. The maximum atomic E-state index is 12.4. The van der Waals surface area contributed by atoms with Gasteiger partial charge in [-0.25, -0.2) is 4.79 Å². The predicted octanol–water partition coefficient (Wildman–Crippen LogP) is 4.69. The number of unbranched alkanes of at least 4 members (excludes halogenated alkanes) is 2. The molecule has 1 N–H and O–H groups in total. The number of rotatable bonds is 11. The number of ether oxygens (including phenoxy) is 1. The van der Waals surface area contributed by atoms with Gasteiger partial charge in [-0.2, -0.15) is 4.98 Å². The van der Waals surface area contributed by atoms with E-state index in [-0.39, 0.29) is 6.03 Å². The first-order chi connectivity index (χ1) is 15.2. The fourth-order valence-corrected chi connectivity index (χ4v) is 3.23. The Morgan fingerprint density at radius 3 is 2.55 bits per heavy atom. The third-order valence-corrected chi connectivity index (χ3v) is 5.05. The molecule has 1 aromatic heterocycles. The van der Waals surface area contributed by atoms with Gasteiger partial charge >= 0.3 is 6.03 Å². The van der Waals surface area contributed by atoms with Gasteiger partial charge in [-0.15, -0.1) is 0 Å². The van der Waals surface area contributed by atoms with E-state index in [1.165, 1.54) is 0 Å². The monoisotopic (exact) mass is 422 g/mol. The van der Waals surface area contributed by atoms with Crippen LogP contribution in [-0.2, 0) is 13.0 Å². The molecule has 0 saturated heterocycles. The summed E-state index contributed by atoms with van der Waals surface area (Å²) in [5.41, 5.74) is 2.03. The van der Waals surface area contributed by atoms with Gasteiger partial charge in [0.25, 0.3) is 0 Å². The summed E-state index contributed by atoms with van der Waals surface area (Å²) in [5.74, 6) is 2.01. The Hall–Kier alpha value is -3.35. The lowest BCUT2D eigenvalue weighted by molar-refractivity contribution is 0.198. The van der Waals surface area contributed by atoms with Crippen molar-refractivity contribution in [1.82, 2.24) is 20.4 Å². The van der Waals surface area contributed by atoms with Gasteiger partial charge in [-0.1, -0.05) is 41.9 Å². The smallest absolute Gasteiger partial charge is 0.317 e. The summed E-state index contributed by atoms with van der Waals surface area (Å²) < 4.78 is 10.5. The number of aryl methyl sites for hydroxylation is 1. The number of nitrogens with zero attached hydrogens (tertiary/aromatic N) is 3. The van der Waals surface area contributed by atoms with Crippen LogP contribution in [0.5, 0.6) is 5.75 Å². The number of aromatic nitrogens is 2. The lowest BCUT2D eigenvalue weighted by Gasteiger charge is -2.21. The molecule has 164 valence electrons. The van der Waals surface area contributed by atoms with Gasteiger partial charge in [0.2, 0.25) is 11.7 Å². The van der Waals surface area contributed by atoms with Crippen molar-refractivity contribution in [3.05, 3.63) is 66.1 Å². The standard InChI is InChI=1S/C24H30N4O3/c1-3-28(18-19-10-6-4-7-11-19)24(29)25-17-9-5-8-12-22-26-23(27-31-22)20-13-15-21(30-2)16-14-20/h4,6-7,10-11,13-16H,3,5,8-9,12,17-18H2,1-2H3,(H,25,29). The number of hydrogen-bond donors (Lipinski definition) is 1. The molecule has 0 unspecified atom stereocenters. The zero-order valence-corrected chi connectivity index (χ0v) is 18.2. The van der Waals surface area contributed by atoms with Crippen LogP contribution in [-0.4, -0.2) is 41.3 Å². The van der Waals surface area contributed by atoms with Crippen molar-refractivity contribution in [1.29, 1.82) is 0 Å². The van der Waals surface area contributed by atoms with Crippen molar-refractivity contribution in [3.63, 3.8) is 0 Å². The molecular weight excluding hydrogens is 392 g/mol. The van der Waals surface area contributed by atoms with E-state index in [1.54, 1.807) is 7.11 Å². The summed E-state index contributed by atoms with van der Waals surface area (Å²) in [5, 5.41) is 7.07. The molecule has 0 bridgehead atoms. The summed E-state index contributed by atoms with van der Waals surface area (Å²) in [7, 11) is 1.64. The highest BCUT2D eigenvalue weighted by atomic mass is 16.5. The number of hydrogen-bond acceptors (Lipinski definition) is 5. The first-order valence-corrected chi connectivity index (χ1v) is 10.7. The highest BCUT2D eigenvalue weighted by Gasteiger charge is 2.11. The number of benzene rings is 2. The van der Waals surface area contributed by atoms with E-state index in [4.69, 9.17) is 9.26 Å². The molecule has 0 spiro atoms. The fourth-order valence-electron chi connectivity index (χ4n) is 3.23. The summed E-state index contributed by atoms with van der Waals surface area (Å²) in [4.78, 5) is 18.7. The average Bonchev–Trinajstić information content (AvgIpc) is 3.29. The molecule has 0 aliphatic heterocycles. The number of urea groups is 1. The maximum absolute atomic E-state index is 12.4. The highest BCUT2D eigenvalue weighted by Crippen LogP contribution is 2.20. The van der Waals surface area contributed by atoms with E-state index >= 15 is 0 Å². The van der Waals surface area contributed by atoms with Crippen LogP contribution in [0.3, 0.4) is 0 Å². The molecule has 2 aromatic carbocycles. The van der Waals surface area contributed by atoms with E-state index in [2.05, 4.69) is 15.5 Å². The van der Waals surface area contributed by atoms with Crippen molar-refractivity contribution in [2.75, 3.05) is 20.2 Å². The Labute approximate surface area is 183 Å². The molecule has 31 heavy (non-hydrogen) atoms. The molecule has 0 atom stereocenters. The summed E-state index contributed by atoms with van der Waals surface area (Å²) in [6, 6.07) is 17.6. The summed E-state index contributed by atoms with van der Waals surface area (Å²) in [6.45, 7) is 3.95. The van der Waals surface area contributed by atoms with Gasteiger partial charge < -0.3 is 19.5 Å². The molecule has 7 heteroatoms. The van der Waals surface area contributed by atoms with Crippen LogP contribution in [0.15, 0.2) is 59.1 Å². The highest BCUT2D eigenvalue weighted by molar-refractivity contribution is 5.74. The number of carbonyl (C=O) groups excluding carboxylic acids is 1. The lowest BCUT2D eigenvalue weighted by Crippen LogP contribution is -2.39. The average molecular weight is 423 g/mol. The molecule has 0 fully saturated rings. The third kappa shape index (κ3) is 6.84. The number of carbonyl (C=O) groups is 1. The zero-order valence-electron chi connectivity index (χ0n) is 18.2. The van der Waals surface area contributed by atoms with Gasteiger partial charge in [0.15, 0.2) is 0 Å². The second-order valence-electron chi connectivity index (χ2n) is 7.28. The minimum absolute atomic E-state index is 0.0209. The Kier molecular flexibility index (Phi) is 8.46. The summed E-state index contributed by atoms with van der Waals surface area (Å²) >= 11 is 0. The van der Waals surface area contributed by atoms with E-state index < -0.39 is 0 Å². The van der Waals surface area contributed by atoms with Gasteiger partial charge in [-0.05, 0) is 49.6 Å². The largest absolute Gasteiger partial charge is 0.497 e. The van der Waals surface area contributed by atoms with Crippen LogP contribution in [0.25, 0.3) is 11.4 Å². The molecule has 0 aliphatic rings. The fraction of sp³-hybridized carbons (Fsp3) is 0.375. The van der Waals surface area contributed by atoms with Crippen LogP contribution in [0, 0.1) is 0 Å². The van der Waals surface area contributed by atoms with E-state index in [0.29, 0.717) is 31.3 Å². The van der Waals surface area contributed by atoms with Crippen LogP contribution >= 0.6 is 0 Å². The molecule has 3 rings (SSSR count). The number of methoxy groups -OCH3 is 1. The van der Waals surface area contributed by atoms with Crippen LogP contribution in [0.2, 0.25) is 0 Å². The molecule has 0 radical (unpaired) electrons. The molecule has 1 heterocycles. The van der Waals surface area contributed by atoms with Crippen molar-refractivity contribution in [2.24, 2.45) is 0 Å². The Bertz CT molecular complexity index is 926. The molecule has 0 saturated carbocycles. The van der Waals surface area contributed by atoms with E-state index in [1.807, 2.05) is 66.4 Å². The van der Waals surface area contributed by atoms with Crippen molar-refractivity contribution in [3.8, 4) is 17.1 Å².